The van der Waals surface area contributed by atoms with Gasteiger partial charge >= 0.3 is 6.18 Å². The van der Waals surface area contributed by atoms with Crippen LogP contribution in [0.2, 0.25) is 0 Å². The lowest BCUT2D eigenvalue weighted by Crippen LogP contribution is -2.20. The maximum atomic E-state index is 12.2. The summed E-state index contributed by atoms with van der Waals surface area (Å²) in [7, 11) is 0. The van der Waals surface area contributed by atoms with Crippen molar-refractivity contribution in [2.45, 2.75) is 26.6 Å². The fourth-order valence-corrected chi connectivity index (χ4v) is 1.26. The van der Waals surface area contributed by atoms with Crippen molar-refractivity contribution >= 4 is 6.21 Å². The number of alkyl halides is 3. The van der Waals surface area contributed by atoms with Crippen LogP contribution in [0.15, 0.2) is 17.7 Å². The lowest BCUT2D eigenvalue weighted by Gasteiger charge is -2.18. The van der Waals surface area contributed by atoms with E-state index in [2.05, 4.69) is 10.1 Å². The van der Waals surface area contributed by atoms with Gasteiger partial charge in [-0.2, -0.15) is 13.2 Å². The summed E-state index contributed by atoms with van der Waals surface area (Å²) < 4.78 is 38.0. The highest BCUT2D eigenvalue weighted by molar-refractivity contribution is 5.63. The minimum atomic E-state index is -4.43. The molecule has 7 heteroatoms. The van der Waals surface area contributed by atoms with E-state index in [1.165, 1.54) is 10.8 Å². The minimum absolute atomic E-state index is 0.250. The molecule has 0 radical (unpaired) electrons. The smallest absolute Gasteiger partial charge is 0.411 e. The molecule has 4 nitrogen and oxygen atoms in total. The second-order valence-electron chi connectivity index (χ2n) is 4.16. The molecular weight excluding hydrogens is 223 g/mol. The van der Waals surface area contributed by atoms with Gasteiger partial charge in [0.2, 0.25) is 0 Å². The van der Waals surface area contributed by atoms with Crippen LogP contribution >= 0.6 is 0 Å². The molecule has 1 aromatic rings. The number of nitrogens with zero attached hydrogens (tertiary/aromatic N) is 3. The molecular formula is C9H12F3N3O. The first kappa shape index (κ1) is 12.5. The lowest BCUT2D eigenvalue weighted by molar-refractivity contribution is -0.141. The Hall–Kier alpha value is -1.53. The third kappa shape index (κ3) is 3.25. The van der Waals surface area contributed by atoms with Gasteiger partial charge < -0.3 is 9.77 Å². The summed E-state index contributed by atoms with van der Waals surface area (Å²) in [6, 6.07) is 0. The second kappa shape index (κ2) is 4.15. The van der Waals surface area contributed by atoms with Gasteiger partial charge in [0.05, 0.1) is 12.5 Å². The SMILES string of the molecule is CC(C)(C=NO)Cn1cnc(C(F)(F)F)c1. The van der Waals surface area contributed by atoms with Gasteiger partial charge in [-0.15, -0.1) is 5.16 Å². The summed E-state index contributed by atoms with van der Waals surface area (Å²) in [6.07, 6.45) is -1.14. The number of hydrogen-bond acceptors (Lipinski definition) is 3. The molecule has 0 atom stereocenters. The molecule has 16 heavy (non-hydrogen) atoms. The first-order valence-electron chi connectivity index (χ1n) is 4.52. The normalized spacial score (nSPS) is 13.6. The van der Waals surface area contributed by atoms with Crippen LogP contribution in [-0.4, -0.2) is 21.0 Å². The zero-order valence-electron chi connectivity index (χ0n) is 8.86. The zero-order chi connectivity index (χ0) is 12.4. The van der Waals surface area contributed by atoms with Gasteiger partial charge in [0.15, 0.2) is 5.69 Å². The van der Waals surface area contributed by atoms with Crippen LogP contribution in [0, 0.1) is 5.41 Å². The topological polar surface area (TPSA) is 50.4 Å². The average molecular weight is 235 g/mol. The average Bonchev–Trinajstić information content (AvgIpc) is 2.50. The molecule has 1 aromatic heterocycles. The summed E-state index contributed by atoms with van der Waals surface area (Å²) in [5, 5.41) is 11.3. The molecule has 0 saturated heterocycles. The van der Waals surface area contributed by atoms with E-state index in [4.69, 9.17) is 5.21 Å². The number of rotatable bonds is 3. The fourth-order valence-electron chi connectivity index (χ4n) is 1.26. The molecule has 90 valence electrons. The van der Waals surface area contributed by atoms with E-state index in [1.54, 1.807) is 13.8 Å². The molecule has 0 aliphatic carbocycles. The molecule has 1 heterocycles. The van der Waals surface area contributed by atoms with Crippen molar-refractivity contribution in [3.05, 3.63) is 18.2 Å². The Labute approximate surface area is 90.4 Å². The van der Waals surface area contributed by atoms with Gasteiger partial charge in [-0.05, 0) is 0 Å². The Bertz CT molecular complexity index is 382. The largest absolute Gasteiger partial charge is 0.434 e. The molecule has 0 fully saturated rings. The van der Waals surface area contributed by atoms with Crippen molar-refractivity contribution in [1.82, 2.24) is 9.55 Å². The van der Waals surface area contributed by atoms with Gasteiger partial charge in [0, 0.05) is 18.2 Å². The molecule has 0 aliphatic rings. The Morgan fingerprint density at radius 3 is 2.56 bits per heavy atom. The van der Waals surface area contributed by atoms with Crippen molar-refractivity contribution in [1.29, 1.82) is 0 Å². The summed E-state index contributed by atoms with van der Waals surface area (Å²) in [5.41, 5.74) is -1.47. The Kier molecular flexibility index (Phi) is 3.25. The number of halogens is 3. The fraction of sp³-hybridized carbons (Fsp3) is 0.556. The van der Waals surface area contributed by atoms with Crippen molar-refractivity contribution in [2.24, 2.45) is 10.6 Å². The predicted octanol–water partition coefficient (Wildman–Crippen LogP) is 2.39. The highest BCUT2D eigenvalue weighted by atomic mass is 19.4. The van der Waals surface area contributed by atoms with Gasteiger partial charge in [-0.3, -0.25) is 0 Å². The van der Waals surface area contributed by atoms with Gasteiger partial charge in [0.25, 0.3) is 0 Å². The van der Waals surface area contributed by atoms with E-state index in [0.717, 1.165) is 12.5 Å². The van der Waals surface area contributed by atoms with Crippen molar-refractivity contribution in [2.75, 3.05) is 0 Å². The number of imidazole rings is 1. The number of hydrogen-bond donors (Lipinski definition) is 1. The third-order valence-electron chi connectivity index (χ3n) is 1.92. The monoisotopic (exact) mass is 235 g/mol. The lowest BCUT2D eigenvalue weighted by atomic mass is 9.95. The quantitative estimate of drug-likeness (QED) is 0.496. The maximum absolute atomic E-state index is 12.2. The minimum Gasteiger partial charge on any atom is -0.411 e. The van der Waals surface area contributed by atoms with Crippen LogP contribution in [0.3, 0.4) is 0 Å². The zero-order valence-corrected chi connectivity index (χ0v) is 8.86. The van der Waals surface area contributed by atoms with Crippen LogP contribution in [0.4, 0.5) is 13.2 Å². The number of oxime groups is 1. The molecule has 0 saturated carbocycles. The number of aromatic nitrogens is 2. The van der Waals surface area contributed by atoms with E-state index in [0.29, 0.717) is 0 Å². The van der Waals surface area contributed by atoms with Crippen molar-refractivity contribution < 1.29 is 18.4 Å². The summed E-state index contributed by atoms with van der Waals surface area (Å²) in [4.78, 5) is 3.26. The maximum Gasteiger partial charge on any atom is 0.434 e. The highest BCUT2D eigenvalue weighted by Crippen LogP contribution is 2.27. The van der Waals surface area contributed by atoms with E-state index in [1.807, 2.05) is 0 Å². The van der Waals surface area contributed by atoms with E-state index >= 15 is 0 Å². The molecule has 1 rings (SSSR count). The van der Waals surface area contributed by atoms with Gasteiger partial charge in [-0.25, -0.2) is 4.98 Å². The van der Waals surface area contributed by atoms with Gasteiger partial charge in [-0.1, -0.05) is 13.8 Å². The van der Waals surface area contributed by atoms with Crippen LogP contribution in [0.1, 0.15) is 19.5 Å². The molecule has 0 aromatic carbocycles. The second-order valence-corrected chi connectivity index (χ2v) is 4.16. The molecule has 1 N–H and O–H groups in total. The van der Waals surface area contributed by atoms with E-state index in [9.17, 15) is 13.2 Å². The molecule has 0 unspecified atom stereocenters. The molecule has 0 spiro atoms. The standard InChI is InChI=1S/C9H12F3N3O/c1-8(2,4-14-16)5-15-3-7(13-6-15)9(10,11)12/h3-4,6,16H,5H2,1-2H3. The first-order chi connectivity index (χ1) is 7.24. The van der Waals surface area contributed by atoms with E-state index in [-0.39, 0.29) is 6.54 Å². The molecule has 0 amide bonds. The highest BCUT2D eigenvalue weighted by Gasteiger charge is 2.33. The molecule has 0 aliphatic heterocycles. The predicted molar refractivity (Wildman–Crippen MR) is 51.3 cm³/mol. The summed E-state index contributed by atoms with van der Waals surface area (Å²) in [5.74, 6) is 0. The van der Waals surface area contributed by atoms with Crippen LogP contribution in [0.5, 0.6) is 0 Å². The van der Waals surface area contributed by atoms with Crippen LogP contribution in [0.25, 0.3) is 0 Å². The molecule has 0 bridgehead atoms. The van der Waals surface area contributed by atoms with Gasteiger partial charge in [0.1, 0.15) is 0 Å². The first-order valence-corrected chi connectivity index (χ1v) is 4.52. The van der Waals surface area contributed by atoms with Crippen molar-refractivity contribution in [3.63, 3.8) is 0 Å². The Balaban J connectivity index is 2.80. The van der Waals surface area contributed by atoms with Crippen LogP contribution < -0.4 is 0 Å². The van der Waals surface area contributed by atoms with Crippen LogP contribution in [-0.2, 0) is 12.7 Å². The Morgan fingerprint density at radius 2 is 2.12 bits per heavy atom. The summed E-state index contributed by atoms with van der Waals surface area (Å²) >= 11 is 0. The van der Waals surface area contributed by atoms with Crippen molar-refractivity contribution in [3.8, 4) is 0 Å². The third-order valence-corrected chi connectivity index (χ3v) is 1.92. The van der Waals surface area contributed by atoms with E-state index < -0.39 is 17.3 Å². The Morgan fingerprint density at radius 1 is 1.50 bits per heavy atom. The summed E-state index contributed by atoms with van der Waals surface area (Å²) in [6.45, 7) is 3.72.